The van der Waals surface area contributed by atoms with E-state index in [0.29, 0.717) is 39.7 Å². The summed E-state index contributed by atoms with van der Waals surface area (Å²) in [7, 11) is 0. The molecule has 1 amide bonds. The molecule has 0 bridgehead atoms. The van der Waals surface area contributed by atoms with Crippen molar-refractivity contribution in [3.63, 3.8) is 0 Å². The number of thiophene rings is 1. The highest BCUT2D eigenvalue weighted by atomic mass is 32.2. The molecular formula is C21H20FNO4S3. The van der Waals surface area contributed by atoms with Gasteiger partial charge >= 0.3 is 5.97 Å². The van der Waals surface area contributed by atoms with E-state index in [-0.39, 0.29) is 24.8 Å². The monoisotopic (exact) mass is 465 g/mol. The predicted molar refractivity (Wildman–Crippen MR) is 122 cm³/mol. The van der Waals surface area contributed by atoms with Gasteiger partial charge < -0.3 is 10.2 Å². The molecule has 0 atom stereocenters. The maximum absolute atomic E-state index is 13.6. The summed E-state index contributed by atoms with van der Waals surface area (Å²) in [6.45, 7) is 0.284. The van der Waals surface area contributed by atoms with E-state index < -0.39 is 5.97 Å². The first-order valence-corrected chi connectivity index (χ1v) is 11.4. The zero-order valence-corrected chi connectivity index (χ0v) is 18.4. The number of carbonyl (C=O) groups excluding carboxylic acids is 1. The lowest BCUT2D eigenvalue weighted by Crippen LogP contribution is -2.29. The molecule has 30 heavy (non-hydrogen) atoms. The van der Waals surface area contributed by atoms with Crippen molar-refractivity contribution in [1.29, 1.82) is 0 Å². The Morgan fingerprint density at radius 1 is 1.23 bits per heavy atom. The highest BCUT2D eigenvalue weighted by Gasteiger charge is 2.31. The third-order valence-corrected chi connectivity index (χ3v) is 6.85. The standard InChI is InChI=1S/C21H20FNO4S3/c22-15-6-5-13(11-24)17(9-15)14-8-16(29-12-14)10-18-20(27)23(21(28)30-18)7-3-1-2-4-19(25)26/h5-6,8-10,12,24H,1-4,7,11H2,(H,25,26). The zero-order valence-electron chi connectivity index (χ0n) is 16.0. The van der Waals surface area contributed by atoms with Gasteiger partial charge in [0, 0.05) is 17.8 Å². The van der Waals surface area contributed by atoms with E-state index >= 15 is 0 Å². The normalized spacial score (nSPS) is 15.4. The summed E-state index contributed by atoms with van der Waals surface area (Å²) in [6.07, 6.45) is 3.89. The summed E-state index contributed by atoms with van der Waals surface area (Å²) in [5.74, 6) is -1.35. The van der Waals surface area contributed by atoms with Crippen LogP contribution in [-0.2, 0) is 16.2 Å². The number of thiocarbonyl (C=S) groups is 1. The van der Waals surface area contributed by atoms with Crippen LogP contribution in [-0.4, -0.2) is 37.9 Å². The molecule has 1 aliphatic rings. The first-order chi connectivity index (χ1) is 14.4. The SMILES string of the molecule is O=C(O)CCCCCN1C(=O)C(=Cc2cc(-c3cc(F)ccc3CO)cs2)SC1=S. The molecule has 2 N–H and O–H groups in total. The number of carboxylic acids is 1. The van der Waals surface area contributed by atoms with Crippen molar-refractivity contribution in [3.05, 3.63) is 50.8 Å². The minimum absolute atomic E-state index is 0.127. The number of unbranched alkanes of at least 4 members (excludes halogenated alkanes) is 2. The van der Waals surface area contributed by atoms with Crippen molar-refractivity contribution in [2.75, 3.05) is 6.54 Å². The molecule has 3 rings (SSSR count). The van der Waals surface area contributed by atoms with Gasteiger partial charge in [-0.1, -0.05) is 36.5 Å². The Morgan fingerprint density at radius 2 is 2.03 bits per heavy atom. The molecule has 1 aromatic carbocycles. The van der Waals surface area contributed by atoms with E-state index in [1.165, 1.54) is 35.2 Å². The number of thioether (sulfide) groups is 1. The summed E-state index contributed by atoms with van der Waals surface area (Å²) in [4.78, 5) is 26.2. The number of hydrogen-bond donors (Lipinski definition) is 2. The van der Waals surface area contributed by atoms with Crippen molar-refractivity contribution < 1.29 is 24.2 Å². The minimum atomic E-state index is -0.816. The molecule has 1 aromatic heterocycles. The fraction of sp³-hybridized carbons (Fsp3) is 0.286. The van der Waals surface area contributed by atoms with Gasteiger partial charge in [-0.05, 0) is 59.2 Å². The molecule has 158 valence electrons. The van der Waals surface area contributed by atoms with E-state index in [1.807, 2.05) is 11.4 Å². The van der Waals surface area contributed by atoms with Gasteiger partial charge in [-0.25, -0.2) is 4.39 Å². The fourth-order valence-electron chi connectivity index (χ4n) is 3.07. The van der Waals surface area contributed by atoms with Gasteiger partial charge in [-0.2, -0.15) is 0 Å². The Balaban J connectivity index is 1.68. The third-order valence-electron chi connectivity index (χ3n) is 4.59. The van der Waals surface area contributed by atoms with Crippen LogP contribution in [0.1, 0.15) is 36.1 Å². The summed E-state index contributed by atoms with van der Waals surface area (Å²) in [5, 5.41) is 20.0. The number of aliphatic hydroxyl groups is 1. The zero-order chi connectivity index (χ0) is 21.7. The van der Waals surface area contributed by atoms with Gasteiger partial charge in [-0.3, -0.25) is 14.5 Å². The molecule has 0 unspecified atom stereocenters. The molecule has 1 saturated heterocycles. The molecule has 1 aliphatic heterocycles. The topological polar surface area (TPSA) is 77.8 Å². The number of halogens is 1. The van der Waals surface area contributed by atoms with Gasteiger partial charge in [0.2, 0.25) is 0 Å². The van der Waals surface area contributed by atoms with E-state index in [9.17, 15) is 19.1 Å². The van der Waals surface area contributed by atoms with Crippen LogP contribution in [0.25, 0.3) is 17.2 Å². The number of aliphatic carboxylic acids is 1. The smallest absolute Gasteiger partial charge is 0.303 e. The van der Waals surface area contributed by atoms with Crippen molar-refractivity contribution in [2.24, 2.45) is 0 Å². The highest BCUT2D eigenvalue weighted by Crippen LogP contribution is 2.36. The molecule has 5 nitrogen and oxygen atoms in total. The number of aliphatic hydroxyl groups excluding tert-OH is 1. The van der Waals surface area contributed by atoms with Crippen molar-refractivity contribution in [1.82, 2.24) is 4.90 Å². The summed E-state index contributed by atoms with van der Waals surface area (Å²) >= 11 is 7.99. The highest BCUT2D eigenvalue weighted by molar-refractivity contribution is 8.26. The summed E-state index contributed by atoms with van der Waals surface area (Å²) < 4.78 is 14.1. The van der Waals surface area contributed by atoms with Gasteiger partial charge in [0.05, 0.1) is 11.5 Å². The van der Waals surface area contributed by atoms with E-state index in [0.717, 1.165) is 16.9 Å². The molecule has 0 spiro atoms. The van der Waals surface area contributed by atoms with Crippen LogP contribution >= 0.6 is 35.3 Å². The second kappa shape index (κ2) is 10.3. The Kier molecular flexibility index (Phi) is 7.76. The van der Waals surface area contributed by atoms with Gasteiger partial charge in [-0.15, -0.1) is 11.3 Å². The summed E-state index contributed by atoms with van der Waals surface area (Å²) in [6, 6.07) is 6.12. The minimum Gasteiger partial charge on any atom is -0.481 e. The molecular weight excluding hydrogens is 445 g/mol. The number of nitrogens with zero attached hydrogens (tertiary/aromatic N) is 1. The first-order valence-electron chi connectivity index (χ1n) is 9.34. The van der Waals surface area contributed by atoms with Crippen LogP contribution in [0.3, 0.4) is 0 Å². The quantitative estimate of drug-likeness (QED) is 0.312. The Bertz CT molecular complexity index is 1000. The average Bonchev–Trinajstić information content (AvgIpc) is 3.27. The lowest BCUT2D eigenvalue weighted by Gasteiger charge is -2.13. The molecule has 2 heterocycles. The molecule has 0 aliphatic carbocycles. The lowest BCUT2D eigenvalue weighted by molar-refractivity contribution is -0.137. The van der Waals surface area contributed by atoms with E-state index in [2.05, 4.69) is 0 Å². The third kappa shape index (κ3) is 5.54. The van der Waals surface area contributed by atoms with Crippen LogP contribution in [0.5, 0.6) is 0 Å². The van der Waals surface area contributed by atoms with Crippen LogP contribution in [0.4, 0.5) is 4.39 Å². The number of hydrogen-bond acceptors (Lipinski definition) is 6. The summed E-state index contributed by atoms with van der Waals surface area (Å²) in [5.41, 5.74) is 2.04. The fourth-order valence-corrected chi connectivity index (χ4v) is 5.28. The second-order valence-corrected chi connectivity index (χ2v) is 9.35. The second-order valence-electron chi connectivity index (χ2n) is 6.74. The Labute approximate surface area is 187 Å². The van der Waals surface area contributed by atoms with Gasteiger partial charge in [0.15, 0.2) is 0 Å². The molecule has 2 aromatic rings. The Morgan fingerprint density at radius 3 is 2.77 bits per heavy atom. The van der Waals surface area contributed by atoms with Crippen molar-refractivity contribution in [3.8, 4) is 11.1 Å². The number of rotatable bonds is 9. The van der Waals surface area contributed by atoms with Crippen LogP contribution in [0.2, 0.25) is 0 Å². The number of benzene rings is 1. The van der Waals surface area contributed by atoms with Crippen molar-refractivity contribution in [2.45, 2.75) is 32.3 Å². The van der Waals surface area contributed by atoms with Gasteiger partial charge in [0.25, 0.3) is 5.91 Å². The van der Waals surface area contributed by atoms with Gasteiger partial charge in [0.1, 0.15) is 10.1 Å². The molecule has 9 heteroatoms. The van der Waals surface area contributed by atoms with Crippen LogP contribution < -0.4 is 0 Å². The Hall–Kier alpha value is -2.07. The largest absolute Gasteiger partial charge is 0.481 e. The predicted octanol–water partition coefficient (Wildman–Crippen LogP) is 4.89. The molecule has 1 fully saturated rings. The van der Waals surface area contributed by atoms with E-state index in [1.54, 1.807) is 17.0 Å². The van der Waals surface area contributed by atoms with Crippen LogP contribution in [0.15, 0.2) is 34.6 Å². The first kappa shape index (κ1) is 22.6. The average molecular weight is 466 g/mol. The van der Waals surface area contributed by atoms with E-state index in [4.69, 9.17) is 17.3 Å². The molecule has 0 radical (unpaired) electrons. The van der Waals surface area contributed by atoms with Crippen molar-refractivity contribution >= 4 is 57.6 Å². The van der Waals surface area contributed by atoms with Crippen LogP contribution in [0, 0.1) is 5.82 Å². The maximum atomic E-state index is 13.6. The maximum Gasteiger partial charge on any atom is 0.303 e. The number of amides is 1. The lowest BCUT2D eigenvalue weighted by atomic mass is 10.0. The molecule has 0 saturated carbocycles. The number of carboxylic acid groups (broad SMARTS) is 1. The number of carbonyl (C=O) groups is 2.